The third kappa shape index (κ3) is 25.3. The van der Waals surface area contributed by atoms with Crippen molar-refractivity contribution in [3.05, 3.63) is 143 Å². The Morgan fingerprint density at radius 2 is 0.989 bits per heavy atom. The molecule has 20 heteroatoms. The van der Waals surface area contributed by atoms with E-state index in [4.69, 9.17) is 13.6 Å². The first-order chi connectivity index (χ1) is 41.9. The van der Waals surface area contributed by atoms with Crippen molar-refractivity contribution in [3.63, 3.8) is 0 Å². The van der Waals surface area contributed by atoms with Gasteiger partial charge in [0.1, 0.15) is 29.4 Å². The molecule has 504 valence electrons. The standard InChI is InChI=1S/2C9H15NO.2C8H14N2.C8H13NO.C8H13NS.C7H13N3.C7H11NS.C6H11N3/c1-5-8-9(6(2)3)7(4)11-10-8;1-5-8-9(6(2)3)7(4)10-11-8;1-6(2)8-7(3)9-5-10(8)4;1-6(2)8-7(3)5-9-10(8)4;2*1-5(2)8-6(3)9-10-7(8)4;1-5(2)7-6(3)8-9-10(7)4;1-5(2)7-4-9-8-6(7)3;1-5(2)9-4-7-8-6(9)3/h2*6H,5H2,1-4H3;2*5-6H,1-4H3;3*5H,1-4H3;2*4-5H,1-3H3. The van der Waals surface area contributed by atoms with Crippen molar-refractivity contribution in [2.45, 2.75) is 281 Å². The summed E-state index contributed by atoms with van der Waals surface area (Å²) in [5.74, 6) is 8.42. The van der Waals surface area contributed by atoms with Crippen LogP contribution in [-0.4, -0.2) is 73.3 Å². The normalized spacial score (nSPS) is 10.9. The molecule has 0 atom stereocenters. The molecule has 0 unspecified atom stereocenters. The lowest BCUT2D eigenvalue weighted by molar-refractivity contribution is 0.381. The predicted molar refractivity (Wildman–Crippen MR) is 375 cm³/mol. The maximum atomic E-state index is 5.16. The second kappa shape index (κ2) is 39.8. The van der Waals surface area contributed by atoms with Crippen LogP contribution in [0.3, 0.4) is 0 Å². The zero-order valence-corrected chi connectivity index (χ0v) is 63.8. The van der Waals surface area contributed by atoms with Crippen molar-refractivity contribution in [1.29, 1.82) is 0 Å². The minimum Gasteiger partial charge on any atom is -0.361 e. The maximum absolute atomic E-state index is 5.16. The largest absolute Gasteiger partial charge is 0.361 e. The van der Waals surface area contributed by atoms with E-state index in [1.165, 1.54) is 66.7 Å². The van der Waals surface area contributed by atoms with Crippen molar-refractivity contribution in [3.8, 4) is 0 Å². The quantitative estimate of drug-likeness (QED) is 0.118. The number of rotatable bonds is 11. The average Bonchev–Trinajstić information content (AvgIpc) is 2.74. The number of hydrogen-bond acceptors (Lipinski definition) is 16. The van der Waals surface area contributed by atoms with Gasteiger partial charge < -0.3 is 22.7 Å². The Hall–Kier alpha value is -6.41. The molecule has 0 fully saturated rings. The van der Waals surface area contributed by atoms with Crippen LogP contribution < -0.4 is 0 Å². The van der Waals surface area contributed by atoms with Gasteiger partial charge in [0.25, 0.3) is 0 Å². The zero-order chi connectivity index (χ0) is 69.2. The van der Waals surface area contributed by atoms with Crippen molar-refractivity contribution >= 4 is 23.1 Å². The first-order valence-corrected chi connectivity index (χ1v) is 33.8. The van der Waals surface area contributed by atoms with Crippen LogP contribution in [0.2, 0.25) is 0 Å². The summed E-state index contributed by atoms with van der Waals surface area (Å²) in [5.41, 5.74) is 19.6. The van der Waals surface area contributed by atoms with E-state index >= 15 is 0 Å². The van der Waals surface area contributed by atoms with Gasteiger partial charge in [-0.3, -0.25) is 9.36 Å². The molecule has 0 saturated heterocycles. The summed E-state index contributed by atoms with van der Waals surface area (Å²) in [6.07, 6.45) is 7.43. The lowest BCUT2D eigenvalue weighted by atomic mass is 10.0. The molecule has 0 spiro atoms. The summed E-state index contributed by atoms with van der Waals surface area (Å²) in [6.45, 7) is 65.5. The Labute approximate surface area is 551 Å². The molecular weight excluding hydrogens is 1160 g/mol. The summed E-state index contributed by atoms with van der Waals surface area (Å²) in [6, 6.07) is 0.472. The van der Waals surface area contributed by atoms with E-state index in [9.17, 15) is 0 Å². The van der Waals surface area contributed by atoms with Gasteiger partial charge in [-0.2, -0.15) is 13.8 Å². The summed E-state index contributed by atoms with van der Waals surface area (Å²) in [7, 11) is 5.95. The fourth-order valence-corrected chi connectivity index (χ4v) is 12.9. The van der Waals surface area contributed by atoms with Gasteiger partial charge in [0.15, 0.2) is 0 Å². The molecule has 18 nitrogen and oxygen atoms in total. The van der Waals surface area contributed by atoms with E-state index in [2.05, 4.69) is 238 Å². The molecule has 0 radical (unpaired) electrons. The van der Waals surface area contributed by atoms with E-state index in [0.29, 0.717) is 53.4 Å². The minimum atomic E-state index is 0.472. The highest BCUT2D eigenvalue weighted by Gasteiger charge is 2.16. The number of imidazole rings is 1. The highest BCUT2D eigenvalue weighted by atomic mass is 32.1. The van der Waals surface area contributed by atoms with Gasteiger partial charge in [-0.05, 0) is 184 Å². The zero-order valence-electron chi connectivity index (χ0n) is 62.2. The Balaban J connectivity index is 0.000000507. The van der Waals surface area contributed by atoms with Gasteiger partial charge in [0, 0.05) is 71.9 Å². The number of aryl methyl sites for hydroxylation is 16. The fourth-order valence-electron chi connectivity index (χ4n) is 11.2. The third-order valence-corrected chi connectivity index (χ3v) is 16.5. The summed E-state index contributed by atoms with van der Waals surface area (Å²) < 4.78 is 31.6. The van der Waals surface area contributed by atoms with E-state index in [-0.39, 0.29) is 0 Å². The summed E-state index contributed by atoms with van der Waals surface area (Å²) in [4.78, 5) is 5.57. The average molecular weight is 1280 g/mol. The molecule has 0 aliphatic rings. The first-order valence-electron chi connectivity index (χ1n) is 32.2. The maximum Gasteiger partial charge on any atom is 0.140 e. The number of aromatic nitrogens is 15. The highest BCUT2D eigenvalue weighted by Crippen LogP contribution is 2.27. The Kier molecular flexibility index (Phi) is 36.1. The molecule has 0 aromatic carbocycles. The molecule has 0 saturated carbocycles. The van der Waals surface area contributed by atoms with Crippen LogP contribution in [0.15, 0.2) is 37.8 Å². The van der Waals surface area contributed by atoms with Crippen LogP contribution in [0.1, 0.15) is 310 Å². The molecule has 0 amide bonds. The lowest BCUT2D eigenvalue weighted by Crippen LogP contribution is -2.00. The molecule has 9 aromatic rings. The topological polar surface area (TPSA) is 201 Å². The summed E-state index contributed by atoms with van der Waals surface area (Å²) >= 11 is 3.15. The molecule has 0 aliphatic carbocycles. The minimum absolute atomic E-state index is 0.472. The fraction of sp³-hybridized carbons (Fsp3) is 0.643. The second-order valence-corrected chi connectivity index (χ2v) is 27.3. The van der Waals surface area contributed by atoms with Gasteiger partial charge in [-0.15, -0.1) is 15.3 Å². The molecule has 9 heterocycles. The van der Waals surface area contributed by atoms with Crippen LogP contribution >= 0.6 is 23.1 Å². The Morgan fingerprint density at radius 1 is 0.467 bits per heavy atom. The highest BCUT2D eigenvalue weighted by molar-refractivity contribution is 7.05. The van der Waals surface area contributed by atoms with Crippen LogP contribution in [0.4, 0.5) is 0 Å². The second-order valence-electron chi connectivity index (χ2n) is 25.7. The van der Waals surface area contributed by atoms with Crippen molar-refractivity contribution in [2.24, 2.45) is 21.1 Å². The van der Waals surface area contributed by atoms with Crippen molar-refractivity contribution in [1.82, 2.24) is 73.3 Å². The van der Waals surface area contributed by atoms with Crippen molar-refractivity contribution in [2.75, 3.05) is 0 Å². The number of nitrogens with zero attached hydrogens (tertiary/aromatic N) is 15. The van der Waals surface area contributed by atoms with E-state index in [0.717, 1.165) is 64.4 Å². The first kappa shape index (κ1) is 81.6. The molecule has 0 bridgehead atoms. The molecule has 0 N–H and O–H groups in total. The van der Waals surface area contributed by atoms with Crippen LogP contribution in [0.25, 0.3) is 0 Å². The Morgan fingerprint density at radius 3 is 1.23 bits per heavy atom. The van der Waals surface area contributed by atoms with E-state index in [1.807, 2.05) is 89.1 Å². The van der Waals surface area contributed by atoms with Crippen LogP contribution in [0.5, 0.6) is 0 Å². The molecule has 9 rings (SSSR count). The van der Waals surface area contributed by atoms with Gasteiger partial charge in [0.2, 0.25) is 0 Å². The van der Waals surface area contributed by atoms with Gasteiger partial charge in [-0.1, -0.05) is 145 Å². The van der Waals surface area contributed by atoms with Crippen LogP contribution in [-0.2, 0) is 34.0 Å². The molecule has 0 aliphatic heterocycles. The van der Waals surface area contributed by atoms with Crippen molar-refractivity contribution < 1.29 is 13.6 Å². The third-order valence-electron chi connectivity index (χ3n) is 14.9. The van der Waals surface area contributed by atoms with Gasteiger partial charge in [0.05, 0.1) is 58.1 Å². The van der Waals surface area contributed by atoms with Gasteiger partial charge in [-0.25, -0.2) is 4.98 Å². The SMILES string of the molecule is CCc1noc(C)c1C(C)C.CCc1onc(C)c1C(C)C.Cc1cnn(C)c1C(C)C.Cc1ncn(C)c1C(C)C.Cc1nncn1C(C)C.Cc1nnn(C)c1C(C)C.Cc1noc(C)c1C(C)C.Cc1nsc(C)c1C(C)C.Cc1nscc1C(C)C. The summed E-state index contributed by atoms with van der Waals surface area (Å²) in [5, 5.41) is 33.5. The van der Waals surface area contributed by atoms with E-state index < -0.39 is 0 Å². The molecular formula is C70H119N15O3S2. The van der Waals surface area contributed by atoms with Crippen LogP contribution in [0, 0.1) is 76.2 Å². The van der Waals surface area contributed by atoms with Gasteiger partial charge >= 0.3 is 0 Å². The molecule has 9 aromatic heterocycles. The predicted octanol–water partition coefficient (Wildman–Crippen LogP) is 19.3. The monoisotopic (exact) mass is 1280 g/mol. The Bertz CT molecular complexity index is 2910. The smallest absolute Gasteiger partial charge is 0.140 e. The molecule has 90 heavy (non-hydrogen) atoms. The lowest BCUT2D eigenvalue weighted by Gasteiger charge is -2.06. The number of hydrogen-bond donors (Lipinski definition) is 0. The van der Waals surface area contributed by atoms with E-state index in [1.54, 1.807) is 29.4 Å².